The molecule has 3 aromatic rings. The Morgan fingerprint density at radius 2 is 1.58 bits per heavy atom. The van der Waals surface area contributed by atoms with Gasteiger partial charge in [-0.05, 0) is 40.5 Å². The SMILES string of the molecule is COC/C(=N\O)c1cc(-c2cccc(-c3ccccc3)c2)ccn1. The molecule has 0 amide bonds. The van der Waals surface area contributed by atoms with Gasteiger partial charge in [0.2, 0.25) is 0 Å². The lowest BCUT2D eigenvalue weighted by molar-refractivity contribution is 0.237. The molecule has 0 unspecified atom stereocenters. The first-order valence-electron chi connectivity index (χ1n) is 7.64. The molecule has 0 saturated carbocycles. The van der Waals surface area contributed by atoms with Crippen molar-refractivity contribution in [2.24, 2.45) is 5.16 Å². The van der Waals surface area contributed by atoms with Crippen molar-refractivity contribution in [3.8, 4) is 22.3 Å². The minimum absolute atomic E-state index is 0.205. The number of oxime groups is 1. The zero-order valence-corrected chi connectivity index (χ0v) is 13.4. The van der Waals surface area contributed by atoms with Crippen LogP contribution in [0.15, 0.2) is 78.1 Å². The summed E-state index contributed by atoms with van der Waals surface area (Å²) in [4.78, 5) is 4.26. The van der Waals surface area contributed by atoms with E-state index in [9.17, 15) is 0 Å². The van der Waals surface area contributed by atoms with Gasteiger partial charge in [-0.25, -0.2) is 0 Å². The minimum atomic E-state index is 0.205. The topological polar surface area (TPSA) is 54.7 Å². The summed E-state index contributed by atoms with van der Waals surface area (Å²) in [5.41, 5.74) is 5.41. The van der Waals surface area contributed by atoms with Gasteiger partial charge in [-0.1, -0.05) is 53.7 Å². The Bertz CT molecular complexity index is 845. The number of hydrogen-bond acceptors (Lipinski definition) is 4. The van der Waals surface area contributed by atoms with Crippen molar-refractivity contribution in [1.29, 1.82) is 0 Å². The lowest BCUT2D eigenvalue weighted by Gasteiger charge is -2.08. The molecular weight excluding hydrogens is 300 g/mol. The van der Waals surface area contributed by atoms with Crippen molar-refractivity contribution in [1.82, 2.24) is 4.98 Å². The highest BCUT2D eigenvalue weighted by molar-refractivity contribution is 6.00. The van der Waals surface area contributed by atoms with Crippen LogP contribution in [0.25, 0.3) is 22.3 Å². The number of ether oxygens (including phenoxy) is 1. The number of pyridine rings is 1. The number of methoxy groups -OCH3 is 1. The van der Waals surface area contributed by atoms with E-state index < -0.39 is 0 Å². The van der Waals surface area contributed by atoms with E-state index in [0.717, 1.165) is 16.7 Å². The summed E-state index contributed by atoms with van der Waals surface area (Å²) in [5, 5.41) is 12.4. The predicted octanol–water partition coefficient (Wildman–Crippen LogP) is 4.24. The molecule has 3 rings (SSSR count). The van der Waals surface area contributed by atoms with Gasteiger partial charge in [-0.15, -0.1) is 0 Å². The third-order valence-electron chi connectivity index (χ3n) is 3.76. The van der Waals surface area contributed by atoms with Gasteiger partial charge in [0, 0.05) is 13.3 Å². The molecule has 2 aromatic carbocycles. The van der Waals surface area contributed by atoms with Crippen molar-refractivity contribution in [2.75, 3.05) is 13.7 Å². The Morgan fingerprint density at radius 3 is 2.29 bits per heavy atom. The first-order valence-corrected chi connectivity index (χ1v) is 7.64. The predicted molar refractivity (Wildman–Crippen MR) is 95.3 cm³/mol. The average molecular weight is 318 g/mol. The molecule has 0 aliphatic rings. The first kappa shape index (κ1) is 15.9. The van der Waals surface area contributed by atoms with Crippen LogP contribution >= 0.6 is 0 Å². The summed E-state index contributed by atoms with van der Waals surface area (Å²) in [6.07, 6.45) is 1.71. The number of hydrogen-bond donors (Lipinski definition) is 1. The third-order valence-corrected chi connectivity index (χ3v) is 3.76. The van der Waals surface area contributed by atoms with Crippen LogP contribution in [0, 0.1) is 0 Å². The zero-order valence-electron chi connectivity index (χ0n) is 13.4. The summed E-state index contributed by atoms with van der Waals surface area (Å²) >= 11 is 0. The van der Waals surface area contributed by atoms with E-state index in [0.29, 0.717) is 11.4 Å². The highest BCUT2D eigenvalue weighted by atomic mass is 16.5. The van der Waals surface area contributed by atoms with Crippen LogP contribution in [0.5, 0.6) is 0 Å². The number of aromatic nitrogens is 1. The van der Waals surface area contributed by atoms with Gasteiger partial charge < -0.3 is 9.94 Å². The van der Waals surface area contributed by atoms with E-state index in [1.807, 2.05) is 36.4 Å². The van der Waals surface area contributed by atoms with Gasteiger partial charge in [-0.3, -0.25) is 4.98 Å². The molecule has 0 atom stereocenters. The van der Waals surface area contributed by atoms with Gasteiger partial charge in [0.25, 0.3) is 0 Å². The smallest absolute Gasteiger partial charge is 0.131 e. The number of rotatable bonds is 5. The molecule has 1 heterocycles. The molecule has 0 bridgehead atoms. The van der Waals surface area contributed by atoms with Gasteiger partial charge in [0.1, 0.15) is 5.71 Å². The summed E-state index contributed by atoms with van der Waals surface area (Å²) in [6, 6.07) is 22.4. The summed E-state index contributed by atoms with van der Waals surface area (Å²) in [7, 11) is 1.55. The Balaban J connectivity index is 1.98. The molecule has 0 aliphatic heterocycles. The third kappa shape index (κ3) is 3.50. The molecule has 120 valence electrons. The molecular formula is C20H18N2O2. The fourth-order valence-corrected chi connectivity index (χ4v) is 2.57. The van der Waals surface area contributed by atoms with Crippen LogP contribution in [0.3, 0.4) is 0 Å². The fourth-order valence-electron chi connectivity index (χ4n) is 2.57. The molecule has 24 heavy (non-hydrogen) atoms. The molecule has 4 nitrogen and oxygen atoms in total. The van der Waals surface area contributed by atoms with E-state index in [1.54, 1.807) is 13.3 Å². The molecule has 4 heteroatoms. The number of benzene rings is 2. The van der Waals surface area contributed by atoms with Gasteiger partial charge in [0.15, 0.2) is 0 Å². The van der Waals surface area contributed by atoms with Crippen LogP contribution < -0.4 is 0 Å². The number of nitrogens with zero attached hydrogens (tertiary/aromatic N) is 2. The monoisotopic (exact) mass is 318 g/mol. The van der Waals surface area contributed by atoms with Crippen LogP contribution in [-0.4, -0.2) is 29.6 Å². The van der Waals surface area contributed by atoms with Crippen LogP contribution in [0.1, 0.15) is 5.69 Å². The van der Waals surface area contributed by atoms with E-state index in [-0.39, 0.29) is 6.61 Å². The zero-order chi connectivity index (χ0) is 16.8. The molecule has 1 N–H and O–H groups in total. The maximum atomic E-state index is 9.13. The standard InChI is InChI=1S/C20H18N2O2/c1-24-14-20(22-23)19-13-18(10-11-21-19)17-9-5-8-16(12-17)15-6-3-2-4-7-15/h2-13,23H,14H2,1H3/b22-20+. The van der Waals surface area contributed by atoms with Crippen LogP contribution in [0.2, 0.25) is 0 Å². The largest absolute Gasteiger partial charge is 0.411 e. The molecule has 0 aliphatic carbocycles. The van der Waals surface area contributed by atoms with E-state index in [4.69, 9.17) is 9.94 Å². The van der Waals surface area contributed by atoms with Crippen LogP contribution in [-0.2, 0) is 4.74 Å². The highest BCUT2D eigenvalue weighted by Gasteiger charge is 2.08. The average Bonchev–Trinajstić information content (AvgIpc) is 2.67. The van der Waals surface area contributed by atoms with Crippen LogP contribution in [0.4, 0.5) is 0 Å². The van der Waals surface area contributed by atoms with Gasteiger partial charge >= 0.3 is 0 Å². The van der Waals surface area contributed by atoms with E-state index in [2.05, 4.69) is 40.5 Å². The Morgan fingerprint density at radius 1 is 0.917 bits per heavy atom. The van der Waals surface area contributed by atoms with Crippen molar-refractivity contribution >= 4 is 5.71 Å². The Labute approximate surface area is 141 Å². The normalized spacial score (nSPS) is 11.5. The molecule has 0 fully saturated rings. The lowest BCUT2D eigenvalue weighted by atomic mass is 9.99. The Hall–Kier alpha value is -2.98. The minimum Gasteiger partial charge on any atom is -0.411 e. The summed E-state index contributed by atoms with van der Waals surface area (Å²) in [5.74, 6) is 0. The summed E-state index contributed by atoms with van der Waals surface area (Å²) in [6.45, 7) is 0.205. The maximum Gasteiger partial charge on any atom is 0.131 e. The second kappa shape index (κ2) is 7.53. The quantitative estimate of drug-likeness (QED) is 0.435. The van der Waals surface area contributed by atoms with Crippen molar-refractivity contribution < 1.29 is 9.94 Å². The second-order valence-electron chi connectivity index (χ2n) is 5.36. The first-order chi connectivity index (χ1) is 11.8. The van der Waals surface area contributed by atoms with E-state index >= 15 is 0 Å². The van der Waals surface area contributed by atoms with Gasteiger partial charge in [0.05, 0.1) is 12.3 Å². The highest BCUT2D eigenvalue weighted by Crippen LogP contribution is 2.26. The van der Waals surface area contributed by atoms with Crippen molar-refractivity contribution in [2.45, 2.75) is 0 Å². The molecule has 1 aromatic heterocycles. The fraction of sp³-hybridized carbons (Fsp3) is 0.100. The molecule has 0 spiro atoms. The second-order valence-corrected chi connectivity index (χ2v) is 5.36. The molecule has 0 radical (unpaired) electrons. The van der Waals surface area contributed by atoms with E-state index in [1.165, 1.54) is 5.56 Å². The molecule has 0 saturated heterocycles. The van der Waals surface area contributed by atoms with Gasteiger partial charge in [-0.2, -0.15) is 0 Å². The summed E-state index contributed by atoms with van der Waals surface area (Å²) < 4.78 is 5.04. The van der Waals surface area contributed by atoms with Crippen molar-refractivity contribution in [3.63, 3.8) is 0 Å². The van der Waals surface area contributed by atoms with Crippen molar-refractivity contribution in [3.05, 3.63) is 78.6 Å². The Kier molecular flexibility index (Phi) is 4.99. The lowest BCUT2D eigenvalue weighted by Crippen LogP contribution is -2.10. The maximum absolute atomic E-state index is 9.13.